The Balaban J connectivity index is 2.09. The summed E-state index contributed by atoms with van der Waals surface area (Å²) in [6, 6.07) is 2.85. The van der Waals surface area contributed by atoms with Crippen molar-refractivity contribution in [3.05, 3.63) is 35.4 Å². The van der Waals surface area contributed by atoms with Crippen molar-refractivity contribution in [2.24, 2.45) is 5.92 Å². The van der Waals surface area contributed by atoms with Gasteiger partial charge in [-0.15, -0.1) is 0 Å². The lowest BCUT2D eigenvalue weighted by Gasteiger charge is -2.23. The highest BCUT2D eigenvalue weighted by Gasteiger charge is 2.32. The normalized spacial score (nSPS) is 22.8. The number of rotatable bonds is 4. The van der Waals surface area contributed by atoms with E-state index in [1.165, 1.54) is 0 Å². The monoisotopic (exact) mass is 297 g/mol. The van der Waals surface area contributed by atoms with E-state index in [1.807, 2.05) is 21.1 Å². The number of likely N-dealkylation sites (tertiary alicyclic amines) is 1. The Labute approximate surface area is 123 Å². The van der Waals surface area contributed by atoms with Gasteiger partial charge < -0.3 is 15.1 Å². The second-order valence-electron chi connectivity index (χ2n) is 5.95. The molecule has 0 bridgehead atoms. The Hall–Kier alpha value is -1.53. The van der Waals surface area contributed by atoms with Crippen LogP contribution in [0.15, 0.2) is 18.2 Å². The maximum absolute atomic E-state index is 13.6. The third-order valence-electron chi connectivity index (χ3n) is 3.71. The van der Waals surface area contributed by atoms with Crippen LogP contribution in [0.4, 0.5) is 8.78 Å². The minimum atomic E-state index is -0.704. The van der Waals surface area contributed by atoms with Crippen LogP contribution < -0.4 is 5.32 Å². The van der Waals surface area contributed by atoms with Gasteiger partial charge in [0.2, 0.25) is 0 Å². The Bertz CT molecular complexity index is 522. The minimum absolute atomic E-state index is 0.0624. The number of nitrogens with zero attached hydrogens (tertiary/aromatic N) is 2. The van der Waals surface area contributed by atoms with Crippen LogP contribution in [0.5, 0.6) is 0 Å². The van der Waals surface area contributed by atoms with E-state index < -0.39 is 17.5 Å². The van der Waals surface area contributed by atoms with Crippen LogP contribution in [0, 0.1) is 17.6 Å². The molecule has 0 radical (unpaired) electrons. The first-order valence-electron chi connectivity index (χ1n) is 6.96. The molecule has 2 atom stereocenters. The van der Waals surface area contributed by atoms with Crippen LogP contribution in [0.2, 0.25) is 0 Å². The van der Waals surface area contributed by atoms with Crippen LogP contribution in [0.25, 0.3) is 0 Å². The van der Waals surface area contributed by atoms with Crippen LogP contribution in [-0.4, -0.2) is 62.5 Å². The van der Waals surface area contributed by atoms with Gasteiger partial charge in [0.15, 0.2) is 0 Å². The Morgan fingerprint density at radius 1 is 1.38 bits per heavy atom. The standard InChI is InChI=1S/C15H21F2N3O/c1-19(2)7-10-8-20(3)9-14(10)18-15(21)12-6-11(16)4-5-13(12)17/h4-6,10,14H,7-9H2,1-3H3,(H,18,21)/t10-,14-/m1/s1. The van der Waals surface area contributed by atoms with Crippen molar-refractivity contribution in [2.75, 3.05) is 40.8 Å². The number of carbonyl (C=O) groups excluding carboxylic acids is 1. The summed E-state index contributed by atoms with van der Waals surface area (Å²) in [7, 11) is 5.93. The van der Waals surface area contributed by atoms with Crippen LogP contribution in [0.1, 0.15) is 10.4 Å². The summed E-state index contributed by atoms with van der Waals surface area (Å²) in [5, 5.41) is 2.84. The number of likely N-dealkylation sites (N-methyl/N-ethyl adjacent to an activating group) is 1. The van der Waals surface area contributed by atoms with Crippen LogP contribution in [0.3, 0.4) is 0 Å². The molecule has 1 aromatic carbocycles. The van der Waals surface area contributed by atoms with E-state index >= 15 is 0 Å². The van der Waals surface area contributed by atoms with Gasteiger partial charge in [0.1, 0.15) is 11.6 Å². The summed E-state index contributed by atoms with van der Waals surface area (Å²) >= 11 is 0. The molecular formula is C15H21F2N3O. The molecule has 116 valence electrons. The van der Waals surface area contributed by atoms with Crippen molar-refractivity contribution in [1.82, 2.24) is 15.1 Å². The predicted octanol–water partition coefficient (Wildman–Crippen LogP) is 1.19. The van der Waals surface area contributed by atoms with Crippen molar-refractivity contribution in [3.8, 4) is 0 Å². The summed E-state index contributed by atoms with van der Waals surface area (Å²) in [6.45, 7) is 2.41. The smallest absolute Gasteiger partial charge is 0.254 e. The molecule has 0 aromatic heterocycles. The summed E-state index contributed by atoms with van der Waals surface area (Å²) in [4.78, 5) is 16.3. The average molecular weight is 297 g/mol. The van der Waals surface area contributed by atoms with E-state index in [0.717, 1.165) is 31.3 Å². The van der Waals surface area contributed by atoms with Crippen molar-refractivity contribution < 1.29 is 13.6 Å². The molecular weight excluding hydrogens is 276 g/mol. The number of amides is 1. The zero-order valence-corrected chi connectivity index (χ0v) is 12.6. The number of benzene rings is 1. The molecule has 1 N–H and O–H groups in total. The lowest BCUT2D eigenvalue weighted by atomic mass is 10.0. The molecule has 0 saturated carbocycles. The number of carbonyl (C=O) groups is 1. The van der Waals surface area contributed by atoms with Gasteiger partial charge in [0.05, 0.1) is 5.56 Å². The Morgan fingerprint density at radius 2 is 2.10 bits per heavy atom. The van der Waals surface area contributed by atoms with E-state index in [0.29, 0.717) is 6.54 Å². The molecule has 2 rings (SSSR count). The molecule has 1 aromatic rings. The maximum Gasteiger partial charge on any atom is 0.254 e. The van der Waals surface area contributed by atoms with Gasteiger partial charge >= 0.3 is 0 Å². The summed E-state index contributed by atoms with van der Waals surface area (Å²) in [6.07, 6.45) is 0. The van der Waals surface area contributed by atoms with Gasteiger partial charge in [-0.3, -0.25) is 4.79 Å². The molecule has 0 spiro atoms. The molecule has 21 heavy (non-hydrogen) atoms. The van der Waals surface area contributed by atoms with E-state index in [2.05, 4.69) is 15.1 Å². The molecule has 0 unspecified atom stereocenters. The zero-order valence-electron chi connectivity index (χ0n) is 12.6. The van der Waals surface area contributed by atoms with E-state index in [-0.39, 0.29) is 17.5 Å². The second-order valence-corrected chi connectivity index (χ2v) is 5.95. The van der Waals surface area contributed by atoms with E-state index in [9.17, 15) is 13.6 Å². The Morgan fingerprint density at radius 3 is 2.76 bits per heavy atom. The van der Waals surface area contributed by atoms with Crippen molar-refractivity contribution >= 4 is 5.91 Å². The molecule has 1 amide bonds. The third-order valence-corrected chi connectivity index (χ3v) is 3.71. The fourth-order valence-electron chi connectivity index (χ4n) is 2.82. The van der Waals surface area contributed by atoms with E-state index in [1.54, 1.807) is 0 Å². The topological polar surface area (TPSA) is 35.6 Å². The summed E-state index contributed by atoms with van der Waals surface area (Å²) in [5.41, 5.74) is -0.242. The number of hydrogen-bond donors (Lipinski definition) is 1. The number of halogens is 2. The molecule has 6 heteroatoms. The highest BCUT2D eigenvalue weighted by Crippen LogP contribution is 2.18. The molecule has 1 saturated heterocycles. The fraction of sp³-hybridized carbons (Fsp3) is 0.533. The van der Waals surface area contributed by atoms with E-state index in [4.69, 9.17) is 0 Å². The first kappa shape index (κ1) is 15.9. The van der Waals surface area contributed by atoms with Gasteiger partial charge in [-0.25, -0.2) is 8.78 Å². The summed E-state index contributed by atoms with van der Waals surface area (Å²) < 4.78 is 26.8. The molecule has 1 aliphatic heterocycles. The average Bonchev–Trinajstić information content (AvgIpc) is 2.71. The SMILES string of the molecule is CN(C)C[C@@H]1CN(C)C[C@H]1NC(=O)c1cc(F)ccc1F. The van der Waals surface area contributed by atoms with Gasteiger partial charge in [0, 0.05) is 31.6 Å². The summed E-state index contributed by atoms with van der Waals surface area (Å²) in [5.74, 6) is -1.61. The number of hydrogen-bond acceptors (Lipinski definition) is 3. The molecule has 1 aliphatic rings. The second kappa shape index (κ2) is 6.49. The number of nitrogens with one attached hydrogen (secondary N) is 1. The lowest BCUT2D eigenvalue weighted by Crippen LogP contribution is -2.43. The first-order chi connectivity index (χ1) is 9.86. The quantitative estimate of drug-likeness (QED) is 0.907. The van der Waals surface area contributed by atoms with Crippen molar-refractivity contribution in [2.45, 2.75) is 6.04 Å². The molecule has 1 fully saturated rings. The third kappa shape index (κ3) is 3.98. The van der Waals surface area contributed by atoms with Gasteiger partial charge in [0.25, 0.3) is 5.91 Å². The van der Waals surface area contributed by atoms with Gasteiger partial charge in [-0.05, 0) is 39.3 Å². The zero-order chi connectivity index (χ0) is 15.6. The molecule has 4 nitrogen and oxygen atoms in total. The fourth-order valence-corrected chi connectivity index (χ4v) is 2.82. The van der Waals surface area contributed by atoms with Gasteiger partial charge in [-0.1, -0.05) is 0 Å². The largest absolute Gasteiger partial charge is 0.348 e. The Kier molecular flexibility index (Phi) is 4.90. The highest BCUT2D eigenvalue weighted by molar-refractivity contribution is 5.94. The van der Waals surface area contributed by atoms with Crippen LogP contribution in [-0.2, 0) is 0 Å². The maximum atomic E-state index is 13.6. The molecule has 0 aliphatic carbocycles. The highest BCUT2D eigenvalue weighted by atomic mass is 19.1. The molecule has 1 heterocycles. The minimum Gasteiger partial charge on any atom is -0.348 e. The lowest BCUT2D eigenvalue weighted by molar-refractivity contribution is 0.0922. The first-order valence-corrected chi connectivity index (χ1v) is 6.96. The van der Waals surface area contributed by atoms with Crippen molar-refractivity contribution in [3.63, 3.8) is 0 Å². The predicted molar refractivity (Wildman–Crippen MR) is 77.2 cm³/mol. The van der Waals surface area contributed by atoms with Gasteiger partial charge in [-0.2, -0.15) is 0 Å². The van der Waals surface area contributed by atoms with Crippen LogP contribution >= 0.6 is 0 Å². The van der Waals surface area contributed by atoms with Crippen molar-refractivity contribution in [1.29, 1.82) is 0 Å².